The lowest BCUT2D eigenvalue weighted by molar-refractivity contribution is -0.178. The Morgan fingerprint density at radius 3 is 2.09 bits per heavy atom. The molecule has 0 heterocycles. The first kappa shape index (κ1) is 10.8. The zero-order valence-corrected chi connectivity index (χ0v) is 6.67. The fraction of sp³-hybridized carbons (Fsp3) is 0.833. The molecule has 0 bridgehead atoms. The topological polar surface area (TPSA) is 17.1 Å². The minimum absolute atomic E-state index is 0.230. The summed E-state index contributed by atoms with van der Waals surface area (Å²) in [6, 6.07) is 0. The highest BCUT2D eigenvalue weighted by molar-refractivity contribution is 6.64. The van der Waals surface area contributed by atoms with E-state index in [1.54, 1.807) is 6.92 Å². The number of halogens is 4. The third kappa shape index (κ3) is 3.60. The third-order valence-corrected chi connectivity index (χ3v) is 1.51. The van der Waals surface area contributed by atoms with E-state index in [-0.39, 0.29) is 6.42 Å². The zero-order valence-electron chi connectivity index (χ0n) is 5.91. The summed E-state index contributed by atoms with van der Waals surface area (Å²) in [6.07, 6.45) is -4.43. The minimum atomic E-state index is -4.49. The Balaban J connectivity index is 4.22. The van der Waals surface area contributed by atoms with E-state index in [0.717, 1.165) is 0 Å². The summed E-state index contributed by atoms with van der Waals surface area (Å²) >= 11 is 4.75. The number of carbonyl (C=O) groups is 1. The van der Waals surface area contributed by atoms with E-state index in [1.807, 2.05) is 0 Å². The van der Waals surface area contributed by atoms with Crippen molar-refractivity contribution in [3.8, 4) is 0 Å². The van der Waals surface area contributed by atoms with E-state index in [2.05, 4.69) is 0 Å². The third-order valence-electron chi connectivity index (χ3n) is 1.25. The van der Waals surface area contributed by atoms with Gasteiger partial charge in [-0.1, -0.05) is 13.3 Å². The van der Waals surface area contributed by atoms with Gasteiger partial charge in [-0.05, 0) is 18.0 Å². The molecule has 66 valence electrons. The molecule has 0 radical (unpaired) electrons. The second-order valence-corrected chi connectivity index (χ2v) is 2.56. The molecule has 0 aromatic carbocycles. The van der Waals surface area contributed by atoms with Gasteiger partial charge in [0.25, 0.3) is 0 Å². The molecule has 0 amide bonds. The molecule has 1 unspecified atom stereocenters. The summed E-state index contributed by atoms with van der Waals surface area (Å²) in [6.45, 7) is 1.57. The number of hydrogen-bond acceptors (Lipinski definition) is 1. The van der Waals surface area contributed by atoms with Gasteiger partial charge < -0.3 is 0 Å². The highest BCUT2D eigenvalue weighted by Crippen LogP contribution is 2.31. The van der Waals surface area contributed by atoms with Crippen LogP contribution in [0.4, 0.5) is 13.2 Å². The summed E-state index contributed by atoms with van der Waals surface area (Å²) in [7, 11) is 0. The average molecular weight is 189 g/mol. The molecule has 0 aliphatic carbocycles. The highest BCUT2D eigenvalue weighted by Gasteiger charge is 2.43. The molecule has 5 heteroatoms. The second kappa shape index (κ2) is 3.95. The van der Waals surface area contributed by atoms with Gasteiger partial charge in [0.05, 0.1) is 0 Å². The summed E-state index contributed by atoms with van der Waals surface area (Å²) in [4.78, 5) is 10.2. The quantitative estimate of drug-likeness (QED) is 0.623. The molecule has 0 saturated heterocycles. The van der Waals surface area contributed by atoms with Gasteiger partial charge in [0.2, 0.25) is 5.24 Å². The van der Waals surface area contributed by atoms with E-state index < -0.39 is 17.3 Å². The highest BCUT2D eigenvalue weighted by atomic mass is 35.5. The summed E-state index contributed by atoms with van der Waals surface area (Å²) < 4.78 is 35.6. The monoisotopic (exact) mass is 188 g/mol. The maximum absolute atomic E-state index is 11.9. The summed E-state index contributed by atoms with van der Waals surface area (Å²) in [5, 5.41) is -1.32. The molecule has 0 saturated carbocycles. The smallest absolute Gasteiger partial charge is 0.281 e. The van der Waals surface area contributed by atoms with Gasteiger partial charge in [-0.3, -0.25) is 4.79 Å². The second-order valence-electron chi connectivity index (χ2n) is 2.19. The Bertz CT molecular complexity index is 143. The Morgan fingerprint density at radius 2 is 2.00 bits per heavy atom. The molecule has 0 aromatic rings. The molecule has 0 aliphatic heterocycles. The maximum Gasteiger partial charge on any atom is 0.399 e. The summed E-state index contributed by atoms with van der Waals surface area (Å²) in [5.41, 5.74) is 0. The van der Waals surface area contributed by atoms with Crippen LogP contribution >= 0.6 is 11.6 Å². The molecular weight excluding hydrogens is 181 g/mol. The van der Waals surface area contributed by atoms with Gasteiger partial charge in [-0.2, -0.15) is 13.2 Å². The predicted octanol–water partition coefficient (Wildman–Crippen LogP) is 2.73. The molecule has 1 atom stereocenters. The molecule has 0 spiro atoms. The van der Waals surface area contributed by atoms with Crippen molar-refractivity contribution in [2.75, 3.05) is 0 Å². The van der Waals surface area contributed by atoms with E-state index >= 15 is 0 Å². The van der Waals surface area contributed by atoms with Crippen LogP contribution in [-0.2, 0) is 4.79 Å². The van der Waals surface area contributed by atoms with Gasteiger partial charge >= 0.3 is 6.18 Å². The van der Waals surface area contributed by atoms with Crippen LogP contribution in [-0.4, -0.2) is 11.4 Å². The molecular formula is C6H8ClF3O. The fourth-order valence-corrected chi connectivity index (χ4v) is 0.927. The molecule has 0 N–H and O–H groups in total. The lowest BCUT2D eigenvalue weighted by Gasteiger charge is -2.14. The van der Waals surface area contributed by atoms with Crippen LogP contribution < -0.4 is 0 Å². The van der Waals surface area contributed by atoms with Crippen LogP contribution in [0.25, 0.3) is 0 Å². The number of rotatable bonds is 3. The summed E-state index contributed by atoms with van der Waals surface area (Å²) in [5.74, 6) is -1.99. The van der Waals surface area contributed by atoms with Crippen molar-refractivity contribution in [3.05, 3.63) is 0 Å². The SMILES string of the molecule is CCCC(C(=O)Cl)C(F)(F)F. The minimum Gasteiger partial charge on any atom is -0.281 e. The van der Waals surface area contributed by atoms with Crippen molar-refractivity contribution in [2.45, 2.75) is 25.9 Å². The number of carbonyl (C=O) groups excluding carboxylic acids is 1. The van der Waals surface area contributed by atoms with Crippen molar-refractivity contribution in [1.29, 1.82) is 0 Å². The van der Waals surface area contributed by atoms with Crippen LogP contribution in [0.1, 0.15) is 19.8 Å². The van der Waals surface area contributed by atoms with E-state index in [1.165, 1.54) is 0 Å². The molecule has 1 nitrogen and oxygen atoms in total. The standard InChI is InChI=1S/C6H8ClF3O/c1-2-3-4(5(7)11)6(8,9)10/h4H,2-3H2,1H3. The van der Waals surface area contributed by atoms with Crippen molar-refractivity contribution < 1.29 is 18.0 Å². The van der Waals surface area contributed by atoms with Crippen molar-refractivity contribution in [1.82, 2.24) is 0 Å². The van der Waals surface area contributed by atoms with Gasteiger partial charge in [0, 0.05) is 0 Å². The fourth-order valence-electron chi connectivity index (χ4n) is 0.694. The maximum atomic E-state index is 11.9. The normalized spacial score (nSPS) is 14.6. The molecule has 0 fully saturated rings. The molecule has 11 heavy (non-hydrogen) atoms. The van der Waals surface area contributed by atoms with Crippen LogP contribution in [0.3, 0.4) is 0 Å². The van der Waals surface area contributed by atoms with Crippen molar-refractivity contribution >= 4 is 16.8 Å². The predicted molar refractivity (Wildman–Crippen MR) is 35.3 cm³/mol. The van der Waals surface area contributed by atoms with Gasteiger partial charge in [0.15, 0.2) is 0 Å². The van der Waals surface area contributed by atoms with Gasteiger partial charge in [-0.25, -0.2) is 0 Å². The first-order chi connectivity index (χ1) is 4.89. The molecule has 0 rings (SSSR count). The van der Waals surface area contributed by atoms with Crippen LogP contribution in [0.2, 0.25) is 0 Å². The number of hydrogen-bond donors (Lipinski definition) is 0. The largest absolute Gasteiger partial charge is 0.399 e. The first-order valence-corrected chi connectivity index (χ1v) is 3.53. The average Bonchev–Trinajstić information content (AvgIpc) is 1.79. The Morgan fingerprint density at radius 1 is 1.55 bits per heavy atom. The lowest BCUT2D eigenvalue weighted by atomic mass is 10.1. The van der Waals surface area contributed by atoms with Crippen molar-refractivity contribution in [3.63, 3.8) is 0 Å². The molecule has 0 aliphatic rings. The van der Waals surface area contributed by atoms with Crippen LogP contribution in [0.15, 0.2) is 0 Å². The molecule has 0 aromatic heterocycles. The van der Waals surface area contributed by atoms with E-state index in [9.17, 15) is 18.0 Å². The van der Waals surface area contributed by atoms with Crippen molar-refractivity contribution in [2.24, 2.45) is 5.92 Å². The zero-order chi connectivity index (χ0) is 9.07. The van der Waals surface area contributed by atoms with E-state index in [0.29, 0.717) is 6.42 Å². The van der Waals surface area contributed by atoms with Crippen LogP contribution in [0.5, 0.6) is 0 Å². The van der Waals surface area contributed by atoms with Crippen LogP contribution in [0, 0.1) is 5.92 Å². The Labute approximate surface area is 67.5 Å². The Kier molecular flexibility index (Phi) is 3.86. The lowest BCUT2D eigenvalue weighted by Crippen LogP contribution is -2.27. The first-order valence-electron chi connectivity index (χ1n) is 3.15. The Hall–Kier alpha value is -0.250. The van der Waals surface area contributed by atoms with Gasteiger partial charge in [0.1, 0.15) is 5.92 Å². The van der Waals surface area contributed by atoms with E-state index in [4.69, 9.17) is 11.6 Å². The number of alkyl halides is 3. The van der Waals surface area contributed by atoms with Gasteiger partial charge in [-0.15, -0.1) is 0 Å².